The molecule has 0 aromatic heterocycles. The predicted octanol–water partition coefficient (Wildman–Crippen LogP) is 4.65. The molecule has 0 bridgehead atoms. The highest BCUT2D eigenvalue weighted by Gasteiger charge is 2.29. The van der Waals surface area contributed by atoms with E-state index in [4.69, 9.17) is 14.2 Å². The number of hydrogen-bond acceptors (Lipinski definition) is 5. The smallest absolute Gasteiger partial charge is 0.227 e. The topological polar surface area (TPSA) is 51.2 Å². The van der Waals surface area contributed by atoms with Crippen molar-refractivity contribution in [1.29, 1.82) is 0 Å². The number of ether oxygens (including phenoxy) is 3. The lowest BCUT2D eigenvalue weighted by Crippen LogP contribution is -2.47. The lowest BCUT2D eigenvalue weighted by molar-refractivity contribution is -0.119. The second-order valence-corrected chi connectivity index (χ2v) is 7.99. The highest BCUT2D eigenvalue weighted by molar-refractivity contribution is 5.93. The van der Waals surface area contributed by atoms with Crippen molar-refractivity contribution in [3.8, 4) is 17.2 Å². The first-order chi connectivity index (χ1) is 15.5. The minimum atomic E-state index is -0.296. The maximum atomic E-state index is 13.4. The van der Waals surface area contributed by atoms with Gasteiger partial charge in [0.2, 0.25) is 11.7 Å². The van der Waals surface area contributed by atoms with Crippen LogP contribution in [0.25, 0.3) is 0 Å². The minimum absolute atomic E-state index is 0.0964. The maximum absolute atomic E-state index is 13.4. The van der Waals surface area contributed by atoms with Crippen LogP contribution in [0.2, 0.25) is 0 Å². The molecule has 174 valence electrons. The van der Waals surface area contributed by atoms with Crippen molar-refractivity contribution in [3.05, 3.63) is 47.8 Å². The van der Waals surface area contributed by atoms with E-state index in [-0.39, 0.29) is 17.8 Å². The molecule has 0 unspecified atom stereocenters. The molecule has 3 rings (SSSR count). The molecule has 1 amide bonds. The van der Waals surface area contributed by atoms with Gasteiger partial charge in [0.1, 0.15) is 5.82 Å². The van der Waals surface area contributed by atoms with Crippen LogP contribution in [0.1, 0.15) is 38.2 Å². The minimum Gasteiger partial charge on any atom is -0.493 e. The summed E-state index contributed by atoms with van der Waals surface area (Å²) in [4.78, 5) is 17.1. The van der Waals surface area contributed by atoms with Gasteiger partial charge in [-0.1, -0.05) is 13.0 Å². The Morgan fingerprint density at radius 1 is 1.00 bits per heavy atom. The third-order valence-electron chi connectivity index (χ3n) is 5.94. The van der Waals surface area contributed by atoms with Gasteiger partial charge in [-0.15, -0.1) is 0 Å². The van der Waals surface area contributed by atoms with Crippen LogP contribution in [0, 0.1) is 5.82 Å². The average Bonchev–Trinajstić information content (AvgIpc) is 2.81. The fourth-order valence-corrected chi connectivity index (χ4v) is 4.36. The van der Waals surface area contributed by atoms with Crippen LogP contribution in [-0.4, -0.2) is 51.3 Å². The average molecular weight is 445 g/mol. The van der Waals surface area contributed by atoms with Crippen LogP contribution < -0.4 is 19.1 Å². The summed E-state index contributed by atoms with van der Waals surface area (Å²) < 4.78 is 29.9. The molecule has 0 spiro atoms. The number of rotatable bonds is 9. The number of hydrogen-bond donors (Lipinski definition) is 0. The molecule has 0 aliphatic carbocycles. The summed E-state index contributed by atoms with van der Waals surface area (Å²) in [5, 5.41) is 0. The molecule has 1 aliphatic heterocycles. The molecule has 32 heavy (non-hydrogen) atoms. The molecule has 7 heteroatoms. The van der Waals surface area contributed by atoms with Gasteiger partial charge in [-0.2, -0.15) is 0 Å². The van der Waals surface area contributed by atoms with Crippen LogP contribution >= 0.6 is 0 Å². The summed E-state index contributed by atoms with van der Waals surface area (Å²) in [6, 6.07) is 10.2. The first-order valence-corrected chi connectivity index (χ1v) is 11.1. The lowest BCUT2D eigenvalue weighted by Gasteiger charge is -2.39. The van der Waals surface area contributed by atoms with Crippen molar-refractivity contribution in [2.45, 2.75) is 45.2 Å². The van der Waals surface area contributed by atoms with Crippen LogP contribution in [0.4, 0.5) is 10.1 Å². The number of amides is 1. The normalized spacial score (nSPS) is 14.8. The molecule has 2 aromatic rings. The van der Waals surface area contributed by atoms with Gasteiger partial charge in [0, 0.05) is 43.3 Å². The summed E-state index contributed by atoms with van der Waals surface area (Å²) in [5.41, 5.74) is 1.80. The molecule has 0 N–H and O–H groups in total. The molecule has 1 fully saturated rings. The number of carbonyl (C=O) groups excluding carboxylic acids is 1. The van der Waals surface area contributed by atoms with Crippen LogP contribution in [0.5, 0.6) is 17.2 Å². The standard InChI is InChI=1S/C25H33FN2O4/c1-5-6-23(29)28(20-10-8-19(26)9-11-20)21-13-15-27(16-14-21)17-18-7-12-22(30-2)25(32-4)24(18)31-3/h7-12,21H,5-6,13-17H2,1-4H3. The van der Waals surface area contributed by atoms with Crippen molar-refractivity contribution in [1.82, 2.24) is 4.90 Å². The predicted molar refractivity (Wildman–Crippen MR) is 123 cm³/mol. The Bertz CT molecular complexity index is 896. The summed E-state index contributed by atoms with van der Waals surface area (Å²) in [6.07, 6.45) is 2.97. The molecular weight excluding hydrogens is 411 g/mol. The van der Waals surface area contributed by atoms with E-state index in [1.54, 1.807) is 33.5 Å². The SMILES string of the molecule is CCCC(=O)N(c1ccc(F)cc1)C1CCN(Cc2ccc(OC)c(OC)c2OC)CC1. The summed E-state index contributed by atoms with van der Waals surface area (Å²) in [5.74, 6) is 1.71. The van der Waals surface area contributed by atoms with E-state index in [0.29, 0.717) is 23.7 Å². The fourth-order valence-electron chi connectivity index (χ4n) is 4.36. The zero-order chi connectivity index (χ0) is 23.1. The highest BCUT2D eigenvalue weighted by Crippen LogP contribution is 2.40. The van der Waals surface area contributed by atoms with E-state index < -0.39 is 0 Å². The summed E-state index contributed by atoms with van der Waals surface area (Å²) >= 11 is 0. The first kappa shape index (κ1) is 23.9. The lowest BCUT2D eigenvalue weighted by atomic mass is 10.0. The molecule has 1 heterocycles. The van der Waals surface area contributed by atoms with E-state index in [1.807, 2.05) is 24.0 Å². The third kappa shape index (κ3) is 5.33. The van der Waals surface area contributed by atoms with E-state index in [0.717, 1.165) is 50.1 Å². The second kappa shape index (κ2) is 11.2. The van der Waals surface area contributed by atoms with E-state index in [1.165, 1.54) is 12.1 Å². The van der Waals surface area contributed by atoms with Crippen molar-refractivity contribution >= 4 is 11.6 Å². The number of benzene rings is 2. The number of nitrogens with zero attached hydrogens (tertiary/aromatic N) is 2. The fraction of sp³-hybridized carbons (Fsp3) is 0.480. The number of methoxy groups -OCH3 is 3. The Kier molecular flexibility index (Phi) is 8.33. The molecular formula is C25H33FN2O4. The molecule has 0 saturated carbocycles. The van der Waals surface area contributed by atoms with Gasteiger partial charge in [0.05, 0.1) is 21.3 Å². The van der Waals surface area contributed by atoms with Crippen molar-refractivity contribution in [2.24, 2.45) is 0 Å². The van der Waals surface area contributed by atoms with E-state index >= 15 is 0 Å². The van der Waals surface area contributed by atoms with E-state index in [9.17, 15) is 9.18 Å². The van der Waals surface area contributed by atoms with Gasteiger partial charge >= 0.3 is 0 Å². The third-order valence-corrected chi connectivity index (χ3v) is 5.94. The molecule has 1 aliphatic rings. The molecule has 6 nitrogen and oxygen atoms in total. The largest absolute Gasteiger partial charge is 0.493 e. The summed E-state index contributed by atoms with van der Waals surface area (Å²) in [6.45, 7) is 4.41. The van der Waals surface area contributed by atoms with Crippen LogP contribution in [0.15, 0.2) is 36.4 Å². The van der Waals surface area contributed by atoms with Crippen molar-refractivity contribution in [3.63, 3.8) is 0 Å². The monoisotopic (exact) mass is 444 g/mol. The van der Waals surface area contributed by atoms with Gasteiger partial charge in [-0.05, 0) is 49.6 Å². The number of halogens is 1. The van der Waals surface area contributed by atoms with Gasteiger partial charge in [-0.25, -0.2) is 4.39 Å². The number of carbonyl (C=O) groups is 1. The van der Waals surface area contributed by atoms with Gasteiger partial charge in [-0.3, -0.25) is 9.69 Å². The van der Waals surface area contributed by atoms with Crippen LogP contribution in [0.3, 0.4) is 0 Å². The number of anilines is 1. The zero-order valence-electron chi connectivity index (χ0n) is 19.4. The Hall–Kier alpha value is -2.80. The Morgan fingerprint density at radius 3 is 2.22 bits per heavy atom. The van der Waals surface area contributed by atoms with Crippen molar-refractivity contribution in [2.75, 3.05) is 39.3 Å². The van der Waals surface area contributed by atoms with E-state index in [2.05, 4.69) is 4.90 Å². The number of piperidine rings is 1. The zero-order valence-corrected chi connectivity index (χ0v) is 19.4. The van der Waals surface area contributed by atoms with Gasteiger partial charge < -0.3 is 19.1 Å². The molecule has 0 radical (unpaired) electrons. The number of likely N-dealkylation sites (tertiary alicyclic amines) is 1. The Balaban J connectivity index is 1.72. The maximum Gasteiger partial charge on any atom is 0.227 e. The molecule has 1 saturated heterocycles. The van der Waals surface area contributed by atoms with Crippen molar-refractivity contribution < 1.29 is 23.4 Å². The molecule has 2 aromatic carbocycles. The second-order valence-electron chi connectivity index (χ2n) is 7.99. The van der Waals surface area contributed by atoms with Gasteiger partial charge in [0.25, 0.3) is 0 Å². The van der Waals surface area contributed by atoms with Crippen LogP contribution in [-0.2, 0) is 11.3 Å². The Labute approximate surface area is 189 Å². The Morgan fingerprint density at radius 2 is 1.66 bits per heavy atom. The first-order valence-electron chi connectivity index (χ1n) is 11.1. The highest BCUT2D eigenvalue weighted by atomic mass is 19.1. The molecule has 0 atom stereocenters. The summed E-state index contributed by atoms with van der Waals surface area (Å²) in [7, 11) is 4.84. The van der Waals surface area contributed by atoms with Gasteiger partial charge in [0.15, 0.2) is 11.5 Å². The quantitative estimate of drug-likeness (QED) is 0.564.